The summed E-state index contributed by atoms with van der Waals surface area (Å²) in [5.41, 5.74) is 5.47. The fourth-order valence-corrected chi connectivity index (χ4v) is 2.46. The predicted octanol–water partition coefficient (Wildman–Crippen LogP) is 1.71. The summed E-state index contributed by atoms with van der Waals surface area (Å²) < 4.78 is 5.53. The van der Waals surface area contributed by atoms with Crippen molar-refractivity contribution in [1.29, 1.82) is 0 Å². The number of ether oxygens (including phenoxy) is 1. The van der Waals surface area contributed by atoms with E-state index in [1.54, 1.807) is 0 Å². The maximum Gasteiger partial charge on any atom is 0.184 e. The number of hydrogen-bond donors (Lipinski definition) is 1. The molecule has 1 heterocycles. The number of rotatable bonds is 3. The highest BCUT2D eigenvalue weighted by Crippen LogP contribution is 2.30. The summed E-state index contributed by atoms with van der Waals surface area (Å²) >= 11 is 0. The molecule has 3 heteroatoms. The maximum absolute atomic E-state index is 5.53. The van der Waals surface area contributed by atoms with Crippen molar-refractivity contribution >= 4 is 5.90 Å². The van der Waals surface area contributed by atoms with Gasteiger partial charge in [0.15, 0.2) is 5.90 Å². The molecule has 3 nitrogen and oxygen atoms in total. The molecule has 80 valence electrons. The molecule has 1 aliphatic heterocycles. The standard InChI is InChI=1S/C11H20N2O/c12-7-6-11-13-10(8-14-11)9-4-2-1-3-5-9/h9-10H,1-8,12H2. The van der Waals surface area contributed by atoms with E-state index in [0.717, 1.165) is 24.8 Å². The van der Waals surface area contributed by atoms with E-state index in [2.05, 4.69) is 4.99 Å². The number of nitrogens with two attached hydrogens (primary N) is 1. The van der Waals surface area contributed by atoms with Gasteiger partial charge < -0.3 is 10.5 Å². The Bertz CT molecular complexity index is 209. The third-order valence-corrected chi connectivity index (χ3v) is 3.28. The molecule has 0 aromatic rings. The zero-order valence-electron chi connectivity index (χ0n) is 8.74. The van der Waals surface area contributed by atoms with Crippen LogP contribution in [-0.4, -0.2) is 25.1 Å². The number of aliphatic imine (C=N–C) groups is 1. The molecule has 2 rings (SSSR count). The van der Waals surface area contributed by atoms with Crippen molar-refractivity contribution in [2.45, 2.75) is 44.6 Å². The van der Waals surface area contributed by atoms with Gasteiger partial charge in [0, 0.05) is 13.0 Å². The summed E-state index contributed by atoms with van der Waals surface area (Å²) in [6, 6.07) is 0.442. The molecule has 0 spiro atoms. The number of hydrogen-bond acceptors (Lipinski definition) is 3. The predicted molar refractivity (Wildman–Crippen MR) is 57.4 cm³/mol. The maximum atomic E-state index is 5.53. The van der Waals surface area contributed by atoms with Crippen LogP contribution < -0.4 is 5.73 Å². The average molecular weight is 196 g/mol. The van der Waals surface area contributed by atoms with E-state index in [1.807, 2.05) is 0 Å². The molecule has 1 aliphatic carbocycles. The van der Waals surface area contributed by atoms with Crippen molar-refractivity contribution < 1.29 is 4.74 Å². The Labute approximate surface area is 85.7 Å². The highest BCUT2D eigenvalue weighted by Gasteiger charge is 2.28. The van der Waals surface area contributed by atoms with E-state index in [4.69, 9.17) is 10.5 Å². The van der Waals surface area contributed by atoms with E-state index in [-0.39, 0.29) is 0 Å². The fourth-order valence-electron chi connectivity index (χ4n) is 2.46. The third kappa shape index (κ3) is 2.27. The lowest BCUT2D eigenvalue weighted by Gasteiger charge is -2.24. The minimum Gasteiger partial charge on any atom is -0.479 e. The second-order valence-electron chi connectivity index (χ2n) is 4.34. The largest absolute Gasteiger partial charge is 0.479 e. The topological polar surface area (TPSA) is 47.6 Å². The Morgan fingerprint density at radius 2 is 2.07 bits per heavy atom. The van der Waals surface area contributed by atoms with Crippen molar-refractivity contribution in [2.24, 2.45) is 16.6 Å². The van der Waals surface area contributed by atoms with E-state index in [9.17, 15) is 0 Å². The van der Waals surface area contributed by atoms with Crippen molar-refractivity contribution in [1.82, 2.24) is 0 Å². The Balaban J connectivity index is 1.86. The molecule has 0 amide bonds. The summed E-state index contributed by atoms with van der Waals surface area (Å²) in [6.07, 6.45) is 7.65. The molecule has 1 atom stereocenters. The first-order valence-corrected chi connectivity index (χ1v) is 5.79. The van der Waals surface area contributed by atoms with Gasteiger partial charge in [-0.1, -0.05) is 19.3 Å². The van der Waals surface area contributed by atoms with Gasteiger partial charge in [-0.3, -0.25) is 0 Å². The van der Waals surface area contributed by atoms with Crippen LogP contribution in [0.3, 0.4) is 0 Å². The van der Waals surface area contributed by atoms with Crippen LogP contribution in [0.4, 0.5) is 0 Å². The Morgan fingerprint density at radius 3 is 2.79 bits per heavy atom. The molecule has 2 N–H and O–H groups in total. The van der Waals surface area contributed by atoms with Crippen LogP contribution in [0, 0.1) is 5.92 Å². The first-order chi connectivity index (χ1) is 6.90. The Hall–Kier alpha value is -0.570. The Kier molecular flexibility index (Phi) is 3.40. The Morgan fingerprint density at radius 1 is 1.29 bits per heavy atom. The number of nitrogens with zero attached hydrogens (tertiary/aromatic N) is 1. The fraction of sp³-hybridized carbons (Fsp3) is 0.909. The molecule has 0 bridgehead atoms. The van der Waals surface area contributed by atoms with E-state index in [1.165, 1.54) is 32.1 Å². The van der Waals surface area contributed by atoms with E-state index >= 15 is 0 Å². The second-order valence-corrected chi connectivity index (χ2v) is 4.34. The highest BCUT2D eigenvalue weighted by atomic mass is 16.5. The lowest BCUT2D eigenvalue weighted by Crippen LogP contribution is -2.22. The smallest absolute Gasteiger partial charge is 0.184 e. The van der Waals surface area contributed by atoms with Crippen LogP contribution in [0.1, 0.15) is 38.5 Å². The van der Waals surface area contributed by atoms with Gasteiger partial charge in [-0.15, -0.1) is 0 Å². The second kappa shape index (κ2) is 4.78. The highest BCUT2D eigenvalue weighted by molar-refractivity contribution is 5.77. The summed E-state index contributed by atoms with van der Waals surface area (Å²) in [4.78, 5) is 4.62. The molecule has 1 saturated carbocycles. The summed E-state index contributed by atoms with van der Waals surface area (Å²) in [6.45, 7) is 1.45. The zero-order valence-corrected chi connectivity index (χ0v) is 8.74. The van der Waals surface area contributed by atoms with Crippen molar-refractivity contribution in [3.63, 3.8) is 0 Å². The van der Waals surface area contributed by atoms with Crippen LogP contribution in [-0.2, 0) is 4.74 Å². The SMILES string of the molecule is NCCC1=NC(C2CCCCC2)CO1. The summed E-state index contributed by atoms with van der Waals surface area (Å²) in [5.74, 6) is 1.67. The van der Waals surface area contributed by atoms with Gasteiger partial charge in [-0.05, 0) is 18.8 Å². The molecule has 0 aromatic heterocycles. The molecule has 0 aromatic carbocycles. The lowest BCUT2D eigenvalue weighted by molar-refractivity contribution is 0.238. The molecule has 0 saturated heterocycles. The minimum absolute atomic E-state index is 0.442. The first kappa shape index (κ1) is 9.97. The van der Waals surface area contributed by atoms with Gasteiger partial charge in [-0.25, -0.2) is 4.99 Å². The molecule has 1 fully saturated rings. The van der Waals surface area contributed by atoms with Gasteiger partial charge in [-0.2, -0.15) is 0 Å². The van der Waals surface area contributed by atoms with Crippen LogP contribution >= 0.6 is 0 Å². The average Bonchev–Trinajstić information content (AvgIpc) is 2.68. The van der Waals surface area contributed by atoms with Gasteiger partial charge >= 0.3 is 0 Å². The van der Waals surface area contributed by atoms with Crippen LogP contribution in [0.15, 0.2) is 4.99 Å². The van der Waals surface area contributed by atoms with Gasteiger partial charge in [0.05, 0.1) is 6.04 Å². The molecular weight excluding hydrogens is 176 g/mol. The third-order valence-electron chi connectivity index (χ3n) is 3.28. The van der Waals surface area contributed by atoms with Gasteiger partial charge in [0.25, 0.3) is 0 Å². The normalized spacial score (nSPS) is 28.6. The van der Waals surface area contributed by atoms with Crippen LogP contribution in [0.25, 0.3) is 0 Å². The van der Waals surface area contributed by atoms with Crippen LogP contribution in [0.2, 0.25) is 0 Å². The molecule has 1 unspecified atom stereocenters. The molecule has 2 aliphatic rings. The summed E-state index contributed by atoms with van der Waals surface area (Å²) in [7, 11) is 0. The van der Waals surface area contributed by atoms with E-state index in [0.29, 0.717) is 12.6 Å². The zero-order chi connectivity index (χ0) is 9.80. The summed E-state index contributed by atoms with van der Waals surface area (Å²) in [5, 5.41) is 0. The van der Waals surface area contributed by atoms with Crippen LogP contribution in [0.5, 0.6) is 0 Å². The minimum atomic E-state index is 0.442. The van der Waals surface area contributed by atoms with Gasteiger partial charge in [0.2, 0.25) is 0 Å². The van der Waals surface area contributed by atoms with Crippen molar-refractivity contribution in [3.8, 4) is 0 Å². The quantitative estimate of drug-likeness (QED) is 0.747. The molecule has 0 radical (unpaired) electrons. The van der Waals surface area contributed by atoms with Crippen molar-refractivity contribution in [3.05, 3.63) is 0 Å². The monoisotopic (exact) mass is 196 g/mol. The molecule has 14 heavy (non-hydrogen) atoms. The lowest BCUT2D eigenvalue weighted by atomic mass is 9.84. The van der Waals surface area contributed by atoms with E-state index < -0.39 is 0 Å². The van der Waals surface area contributed by atoms with Gasteiger partial charge in [0.1, 0.15) is 6.61 Å². The molecular formula is C11H20N2O. The van der Waals surface area contributed by atoms with Crippen molar-refractivity contribution in [2.75, 3.05) is 13.2 Å². The first-order valence-electron chi connectivity index (χ1n) is 5.79.